The van der Waals surface area contributed by atoms with Crippen molar-refractivity contribution in [1.82, 2.24) is 0 Å². The van der Waals surface area contributed by atoms with Crippen molar-refractivity contribution in [2.24, 2.45) is 5.90 Å². The Hall–Kier alpha value is -0.970. The van der Waals surface area contributed by atoms with Crippen LogP contribution in [-0.4, -0.2) is 14.2 Å². The number of halogens is 1. The van der Waals surface area contributed by atoms with E-state index in [0.717, 1.165) is 5.56 Å². The highest BCUT2D eigenvalue weighted by Gasteiger charge is 2.12. The molecular weight excluding hydrogens is 206 g/mol. The van der Waals surface area contributed by atoms with Crippen LogP contribution in [0.2, 0.25) is 5.02 Å². The maximum Gasteiger partial charge on any atom is 0.179 e. The van der Waals surface area contributed by atoms with Crippen molar-refractivity contribution >= 4 is 11.6 Å². The summed E-state index contributed by atoms with van der Waals surface area (Å²) in [6, 6.07) is 3.52. The maximum atomic E-state index is 6.03. The summed E-state index contributed by atoms with van der Waals surface area (Å²) in [5.74, 6) is 6.03. The van der Waals surface area contributed by atoms with E-state index in [0.29, 0.717) is 16.5 Å². The van der Waals surface area contributed by atoms with Gasteiger partial charge in [0, 0.05) is 5.56 Å². The Bertz CT molecular complexity index is 317. The molecular formula is C9H12ClNO3. The van der Waals surface area contributed by atoms with Crippen LogP contribution in [0, 0.1) is 0 Å². The molecule has 0 amide bonds. The predicted molar refractivity (Wildman–Crippen MR) is 53.5 cm³/mol. The minimum absolute atomic E-state index is 0.235. The van der Waals surface area contributed by atoms with E-state index < -0.39 is 0 Å². The van der Waals surface area contributed by atoms with Gasteiger partial charge >= 0.3 is 0 Å². The lowest BCUT2D eigenvalue weighted by atomic mass is 10.2. The molecule has 1 rings (SSSR count). The number of ether oxygens (including phenoxy) is 2. The normalized spacial score (nSPS) is 10.0. The quantitative estimate of drug-likeness (QED) is 0.781. The molecule has 0 bridgehead atoms. The Morgan fingerprint density at radius 1 is 1.29 bits per heavy atom. The fourth-order valence-electron chi connectivity index (χ4n) is 1.13. The molecule has 78 valence electrons. The monoisotopic (exact) mass is 217 g/mol. The SMILES string of the molecule is COc1ccc(CON)c(Cl)c1OC. The smallest absolute Gasteiger partial charge is 0.179 e. The van der Waals surface area contributed by atoms with Crippen molar-refractivity contribution in [3.05, 3.63) is 22.7 Å². The fourth-order valence-corrected chi connectivity index (χ4v) is 1.42. The molecule has 1 aromatic carbocycles. The Morgan fingerprint density at radius 2 is 2.00 bits per heavy atom. The van der Waals surface area contributed by atoms with E-state index in [9.17, 15) is 0 Å². The third-order valence-corrected chi connectivity index (χ3v) is 2.22. The summed E-state index contributed by atoms with van der Waals surface area (Å²) in [6.45, 7) is 0.235. The summed E-state index contributed by atoms with van der Waals surface area (Å²) in [5.41, 5.74) is 0.756. The lowest BCUT2D eigenvalue weighted by molar-refractivity contribution is 0.124. The molecule has 0 heterocycles. The lowest BCUT2D eigenvalue weighted by Gasteiger charge is -2.11. The van der Waals surface area contributed by atoms with Crippen molar-refractivity contribution in [3.8, 4) is 11.5 Å². The number of hydrogen-bond donors (Lipinski definition) is 1. The summed E-state index contributed by atoms with van der Waals surface area (Å²) in [4.78, 5) is 4.50. The first-order valence-electron chi connectivity index (χ1n) is 3.95. The largest absolute Gasteiger partial charge is 0.493 e. The highest BCUT2D eigenvalue weighted by molar-refractivity contribution is 6.33. The average Bonchev–Trinajstić information content (AvgIpc) is 2.21. The van der Waals surface area contributed by atoms with Crippen LogP contribution in [-0.2, 0) is 11.4 Å². The Labute approximate surface area is 87.5 Å². The minimum atomic E-state index is 0.235. The molecule has 0 aliphatic heterocycles. The van der Waals surface area contributed by atoms with Gasteiger partial charge in [-0.2, -0.15) is 0 Å². The molecule has 0 saturated heterocycles. The van der Waals surface area contributed by atoms with Gasteiger partial charge in [-0.3, -0.25) is 4.84 Å². The van der Waals surface area contributed by atoms with E-state index >= 15 is 0 Å². The Morgan fingerprint density at radius 3 is 2.50 bits per heavy atom. The molecule has 0 unspecified atom stereocenters. The van der Waals surface area contributed by atoms with Crippen LogP contribution in [0.1, 0.15) is 5.56 Å². The highest BCUT2D eigenvalue weighted by Crippen LogP contribution is 2.37. The molecule has 0 fully saturated rings. The molecule has 14 heavy (non-hydrogen) atoms. The van der Waals surface area contributed by atoms with E-state index in [4.69, 9.17) is 27.0 Å². The Kier molecular flexibility index (Phi) is 4.00. The van der Waals surface area contributed by atoms with Gasteiger partial charge in [-0.25, -0.2) is 5.90 Å². The molecule has 0 aromatic heterocycles. The molecule has 0 aliphatic rings. The summed E-state index contributed by atoms with van der Waals surface area (Å²) in [7, 11) is 3.07. The molecule has 1 aromatic rings. The number of rotatable bonds is 4. The van der Waals surface area contributed by atoms with Gasteiger partial charge in [0.05, 0.1) is 25.8 Å². The molecule has 0 radical (unpaired) electrons. The molecule has 0 atom stereocenters. The van der Waals surface area contributed by atoms with E-state index in [1.165, 1.54) is 7.11 Å². The standard InChI is InChI=1S/C9H12ClNO3/c1-12-7-4-3-6(5-14-11)8(10)9(7)13-2/h3-4H,5,11H2,1-2H3. The van der Waals surface area contributed by atoms with Crippen LogP contribution in [0.5, 0.6) is 11.5 Å². The van der Waals surface area contributed by atoms with Gasteiger partial charge in [0.1, 0.15) is 0 Å². The number of hydrogen-bond acceptors (Lipinski definition) is 4. The molecule has 0 saturated carbocycles. The molecule has 0 aliphatic carbocycles. The van der Waals surface area contributed by atoms with Crippen LogP contribution in [0.4, 0.5) is 0 Å². The van der Waals surface area contributed by atoms with Crippen molar-refractivity contribution in [1.29, 1.82) is 0 Å². The second-order valence-corrected chi connectivity index (χ2v) is 2.96. The van der Waals surface area contributed by atoms with Crippen molar-refractivity contribution < 1.29 is 14.3 Å². The summed E-state index contributed by atoms with van der Waals surface area (Å²) in [5, 5.41) is 0.456. The topological polar surface area (TPSA) is 53.7 Å². The van der Waals surface area contributed by atoms with Gasteiger partial charge < -0.3 is 9.47 Å². The fraction of sp³-hybridized carbons (Fsp3) is 0.333. The van der Waals surface area contributed by atoms with Crippen LogP contribution < -0.4 is 15.4 Å². The maximum absolute atomic E-state index is 6.03. The van der Waals surface area contributed by atoms with Crippen molar-refractivity contribution in [3.63, 3.8) is 0 Å². The molecule has 2 N–H and O–H groups in total. The van der Waals surface area contributed by atoms with Gasteiger partial charge in [0.25, 0.3) is 0 Å². The summed E-state index contributed by atoms with van der Waals surface area (Å²) < 4.78 is 10.2. The van der Waals surface area contributed by atoms with Crippen LogP contribution in [0.25, 0.3) is 0 Å². The first kappa shape index (κ1) is 11.1. The first-order chi connectivity index (χ1) is 6.74. The van der Waals surface area contributed by atoms with E-state index in [2.05, 4.69) is 4.84 Å². The van der Waals surface area contributed by atoms with Crippen molar-refractivity contribution in [2.45, 2.75) is 6.61 Å². The summed E-state index contributed by atoms with van der Waals surface area (Å²) in [6.07, 6.45) is 0. The zero-order chi connectivity index (χ0) is 10.6. The van der Waals surface area contributed by atoms with Gasteiger partial charge in [-0.15, -0.1) is 0 Å². The van der Waals surface area contributed by atoms with Gasteiger partial charge in [-0.05, 0) is 6.07 Å². The predicted octanol–water partition coefficient (Wildman–Crippen LogP) is 1.75. The zero-order valence-electron chi connectivity index (χ0n) is 8.04. The van der Waals surface area contributed by atoms with Gasteiger partial charge in [-0.1, -0.05) is 17.7 Å². The minimum Gasteiger partial charge on any atom is -0.493 e. The third kappa shape index (κ3) is 2.09. The zero-order valence-corrected chi connectivity index (χ0v) is 8.80. The molecule has 0 spiro atoms. The summed E-state index contributed by atoms with van der Waals surface area (Å²) >= 11 is 6.03. The first-order valence-corrected chi connectivity index (χ1v) is 4.33. The molecule has 5 heteroatoms. The second-order valence-electron chi connectivity index (χ2n) is 2.59. The van der Waals surface area contributed by atoms with Gasteiger partial charge in [0.2, 0.25) is 0 Å². The average molecular weight is 218 g/mol. The van der Waals surface area contributed by atoms with Crippen LogP contribution >= 0.6 is 11.6 Å². The van der Waals surface area contributed by atoms with Gasteiger partial charge in [0.15, 0.2) is 11.5 Å². The number of benzene rings is 1. The van der Waals surface area contributed by atoms with E-state index in [-0.39, 0.29) is 6.61 Å². The third-order valence-electron chi connectivity index (χ3n) is 1.80. The van der Waals surface area contributed by atoms with E-state index in [1.54, 1.807) is 19.2 Å². The lowest BCUT2D eigenvalue weighted by Crippen LogP contribution is -2.01. The van der Waals surface area contributed by atoms with Crippen molar-refractivity contribution in [2.75, 3.05) is 14.2 Å². The second kappa shape index (κ2) is 5.05. The van der Waals surface area contributed by atoms with Crippen LogP contribution in [0.15, 0.2) is 12.1 Å². The molecule has 4 nitrogen and oxygen atoms in total. The highest BCUT2D eigenvalue weighted by atomic mass is 35.5. The van der Waals surface area contributed by atoms with Crippen LogP contribution in [0.3, 0.4) is 0 Å². The Balaban J connectivity index is 3.13. The van der Waals surface area contributed by atoms with E-state index in [1.807, 2.05) is 0 Å². The number of methoxy groups -OCH3 is 2. The number of nitrogens with two attached hydrogens (primary N) is 1.